The summed E-state index contributed by atoms with van der Waals surface area (Å²) in [5, 5.41) is 19.7. The Hall–Kier alpha value is -2.11. The Balaban J connectivity index is 3.07. The first kappa shape index (κ1) is 14.0. The van der Waals surface area contributed by atoms with Crippen LogP contribution in [0.4, 0.5) is 5.69 Å². The van der Waals surface area contributed by atoms with Crippen LogP contribution in [0.3, 0.4) is 0 Å². The summed E-state index contributed by atoms with van der Waals surface area (Å²) in [6.45, 7) is 1.77. The molecule has 98 valence electrons. The molecule has 1 atom stereocenters. The van der Waals surface area contributed by atoms with Gasteiger partial charge in [-0.25, -0.2) is 0 Å². The van der Waals surface area contributed by atoms with E-state index in [1.165, 1.54) is 25.3 Å². The van der Waals surface area contributed by atoms with Gasteiger partial charge < -0.3 is 9.84 Å². The molecule has 1 unspecified atom stereocenters. The molecule has 1 rings (SSSR count). The number of aliphatic carboxylic acids is 1. The zero-order valence-corrected chi connectivity index (χ0v) is 10.3. The molecule has 0 fully saturated rings. The second-order valence-electron chi connectivity index (χ2n) is 3.90. The van der Waals surface area contributed by atoms with Crippen LogP contribution in [0.25, 0.3) is 0 Å². The Morgan fingerprint density at radius 3 is 2.67 bits per heavy atom. The van der Waals surface area contributed by atoms with Gasteiger partial charge in [-0.15, -0.1) is 0 Å². The van der Waals surface area contributed by atoms with Crippen molar-refractivity contribution in [2.45, 2.75) is 19.8 Å². The third-order valence-corrected chi connectivity index (χ3v) is 2.78. The Kier molecular flexibility index (Phi) is 4.65. The molecule has 0 spiro atoms. The largest absolute Gasteiger partial charge is 0.496 e. The molecule has 0 saturated heterocycles. The summed E-state index contributed by atoms with van der Waals surface area (Å²) in [5.41, 5.74) is 0.479. The van der Waals surface area contributed by atoms with Gasteiger partial charge in [0, 0.05) is 17.7 Å². The Labute approximate surface area is 104 Å². The molecular weight excluding hydrogens is 238 g/mol. The predicted molar refractivity (Wildman–Crippen MR) is 64.8 cm³/mol. The Bertz CT molecular complexity index is 458. The van der Waals surface area contributed by atoms with E-state index in [2.05, 4.69) is 0 Å². The maximum atomic E-state index is 11.0. The fourth-order valence-electron chi connectivity index (χ4n) is 1.71. The summed E-state index contributed by atoms with van der Waals surface area (Å²) in [6, 6.07) is 4.19. The van der Waals surface area contributed by atoms with Crippen molar-refractivity contribution < 1.29 is 19.6 Å². The number of carbonyl (C=O) groups is 1. The summed E-state index contributed by atoms with van der Waals surface area (Å²) in [5.74, 6) is -1.01. The molecule has 0 aliphatic carbocycles. The van der Waals surface area contributed by atoms with Gasteiger partial charge in [-0.05, 0) is 18.9 Å². The molecule has 1 aromatic carbocycles. The molecule has 6 heteroatoms. The van der Waals surface area contributed by atoms with Gasteiger partial charge in [-0.2, -0.15) is 0 Å². The molecule has 18 heavy (non-hydrogen) atoms. The van der Waals surface area contributed by atoms with E-state index in [4.69, 9.17) is 9.84 Å². The number of ether oxygens (including phenoxy) is 1. The van der Waals surface area contributed by atoms with Crippen LogP contribution in [0.15, 0.2) is 18.2 Å². The van der Waals surface area contributed by atoms with Gasteiger partial charge in [0.15, 0.2) is 0 Å². The molecule has 0 aromatic heterocycles. The normalized spacial score (nSPS) is 11.9. The molecule has 0 saturated carbocycles. The molecule has 0 radical (unpaired) electrons. The lowest BCUT2D eigenvalue weighted by atomic mass is 9.96. The second-order valence-corrected chi connectivity index (χ2v) is 3.90. The summed E-state index contributed by atoms with van der Waals surface area (Å²) in [6.07, 6.45) is 0.678. The molecule has 0 heterocycles. The second kappa shape index (κ2) is 6.00. The standard InChI is InChI=1S/C12H15NO5/c1-3-8(12(14)15)6-9-7-10(13(16)17)4-5-11(9)18-2/h4-5,7-8H,3,6H2,1-2H3,(H,14,15). The summed E-state index contributed by atoms with van der Waals surface area (Å²) < 4.78 is 5.09. The van der Waals surface area contributed by atoms with E-state index in [1.54, 1.807) is 6.92 Å². The van der Waals surface area contributed by atoms with Crippen LogP contribution >= 0.6 is 0 Å². The first-order valence-corrected chi connectivity index (χ1v) is 5.53. The van der Waals surface area contributed by atoms with Gasteiger partial charge in [0.1, 0.15) is 5.75 Å². The van der Waals surface area contributed by atoms with Gasteiger partial charge in [0.25, 0.3) is 5.69 Å². The van der Waals surface area contributed by atoms with Crippen molar-refractivity contribution in [1.29, 1.82) is 0 Å². The van der Waals surface area contributed by atoms with Crippen molar-refractivity contribution in [3.63, 3.8) is 0 Å². The third kappa shape index (κ3) is 3.19. The smallest absolute Gasteiger partial charge is 0.306 e. The average Bonchev–Trinajstić information content (AvgIpc) is 2.35. The highest BCUT2D eigenvalue weighted by Gasteiger charge is 2.19. The molecule has 6 nitrogen and oxygen atoms in total. The van der Waals surface area contributed by atoms with Crippen LogP contribution in [-0.4, -0.2) is 23.1 Å². The molecule has 0 amide bonds. The molecule has 0 aliphatic rings. The van der Waals surface area contributed by atoms with Crippen molar-refractivity contribution in [3.05, 3.63) is 33.9 Å². The third-order valence-electron chi connectivity index (χ3n) is 2.78. The SMILES string of the molecule is CCC(Cc1cc([N+](=O)[O-])ccc1OC)C(=O)O. The first-order chi connectivity index (χ1) is 8.49. The van der Waals surface area contributed by atoms with Gasteiger partial charge in [0.2, 0.25) is 0 Å². The number of hydrogen-bond donors (Lipinski definition) is 1. The number of carboxylic acid groups (broad SMARTS) is 1. The minimum atomic E-state index is -0.911. The van der Waals surface area contributed by atoms with Crippen LogP contribution < -0.4 is 4.74 Å². The van der Waals surface area contributed by atoms with Gasteiger partial charge >= 0.3 is 5.97 Å². The lowest BCUT2D eigenvalue weighted by molar-refractivity contribution is -0.384. The lowest BCUT2D eigenvalue weighted by Crippen LogP contribution is -2.15. The summed E-state index contributed by atoms with van der Waals surface area (Å²) >= 11 is 0. The number of nitro benzene ring substituents is 1. The van der Waals surface area contributed by atoms with Crippen LogP contribution in [-0.2, 0) is 11.2 Å². The topological polar surface area (TPSA) is 89.7 Å². The van der Waals surface area contributed by atoms with Crippen molar-refractivity contribution in [3.8, 4) is 5.75 Å². The number of non-ortho nitro benzene ring substituents is 1. The van der Waals surface area contributed by atoms with Crippen LogP contribution in [0, 0.1) is 16.0 Å². The summed E-state index contributed by atoms with van der Waals surface area (Å²) in [4.78, 5) is 21.2. The number of carboxylic acids is 1. The van der Waals surface area contributed by atoms with Crippen LogP contribution in [0.2, 0.25) is 0 Å². The van der Waals surface area contributed by atoms with E-state index in [9.17, 15) is 14.9 Å². The zero-order chi connectivity index (χ0) is 13.7. The van der Waals surface area contributed by atoms with E-state index < -0.39 is 16.8 Å². The Morgan fingerprint density at radius 1 is 1.56 bits per heavy atom. The zero-order valence-electron chi connectivity index (χ0n) is 10.3. The molecule has 0 bridgehead atoms. The van der Waals surface area contributed by atoms with E-state index in [0.29, 0.717) is 17.7 Å². The van der Waals surface area contributed by atoms with Crippen LogP contribution in [0.1, 0.15) is 18.9 Å². The van der Waals surface area contributed by atoms with Crippen molar-refractivity contribution in [2.24, 2.45) is 5.92 Å². The van der Waals surface area contributed by atoms with Crippen molar-refractivity contribution in [2.75, 3.05) is 7.11 Å². The number of rotatable bonds is 6. The quantitative estimate of drug-likeness (QED) is 0.620. The highest BCUT2D eigenvalue weighted by atomic mass is 16.6. The highest BCUT2D eigenvalue weighted by Crippen LogP contribution is 2.27. The highest BCUT2D eigenvalue weighted by molar-refractivity contribution is 5.70. The minimum Gasteiger partial charge on any atom is -0.496 e. The fraction of sp³-hybridized carbons (Fsp3) is 0.417. The monoisotopic (exact) mass is 253 g/mol. The van der Waals surface area contributed by atoms with E-state index >= 15 is 0 Å². The summed E-state index contributed by atoms with van der Waals surface area (Å²) in [7, 11) is 1.45. The molecule has 1 N–H and O–H groups in total. The van der Waals surface area contributed by atoms with Gasteiger partial charge in [-0.3, -0.25) is 14.9 Å². The maximum Gasteiger partial charge on any atom is 0.306 e. The number of nitro groups is 1. The first-order valence-electron chi connectivity index (χ1n) is 5.53. The molecule has 0 aliphatic heterocycles. The van der Waals surface area contributed by atoms with E-state index in [1.807, 2.05) is 0 Å². The molecule has 1 aromatic rings. The fourth-order valence-corrected chi connectivity index (χ4v) is 1.71. The van der Waals surface area contributed by atoms with Crippen molar-refractivity contribution in [1.82, 2.24) is 0 Å². The Morgan fingerprint density at radius 2 is 2.22 bits per heavy atom. The number of methoxy groups -OCH3 is 1. The number of benzene rings is 1. The van der Waals surface area contributed by atoms with Gasteiger partial charge in [-0.1, -0.05) is 6.92 Å². The van der Waals surface area contributed by atoms with Crippen molar-refractivity contribution >= 4 is 11.7 Å². The van der Waals surface area contributed by atoms with E-state index in [-0.39, 0.29) is 12.1 Å². The van der Waals surface area contributed by atoms with Crippen LogP contribution in [0.5, 0.6) is 5.75 Å². The number of nitrogens with zero attached hydrogens (tertiary/aromatic N) is 1. The van der Waals surface area contributed by atoms with Gasteiger partial charge in [0.05, 0.1) is 18.0 Å². The maximum absolute atomic E-state index is 11.0. The number of hydrogen-bond acceptors (Lipinski definition) is 4. The van der Waals surface area contributed by atoms with E-state index in [0.717, 1.165) is 0 Å². The predicted octanol–water partition coefficient (Wildman–Crippen LogP) is 2.26. The average molecular weight is 253 g/mol. The lowest BCUT2D eigenvalue weighted by Gasteiger charge is -2.12. The molecular formula is C12H15NO5. The minimum absolute atomic E-state index is 0.0639.